The second kappa shape index (κ2) is 11.5. The van der Waals surface area contributed by atoms with Gasteiger partial charge in [0.05, 0.1) is 25.7 Å². The van der Waals surface area contributed by atoms with Gasteiger partial charge in [0.25, 0.3) is 0 Å². The number of piperidine rings is 1. The maximum Gasteiger partial charge on any atom is 0.229 e. The van der Waals surface area contributed by atoms with Gasteiger partial charge in [0.1, 0.15) is 18.0 Å². The summed E-state index contributed by atoms with van der Waals surface area (Å²) in [5, 5.41) is 10.6. The Balaban J connectivity index is 1.27. The quantitative estimate of drug-likeness (QED) is 0.294. The summed E-state index contributed by atoms with van der Waals surface area (Å²) in [6.45, 7) is 2.66. The molecule has 2 aromatic carbocycles. The fraction of sp³-hybridized carbons (Fsp3) is 0.308. The molecule has 0 atom stereocenters. The number of rotatable bonds is 9. The topological polar surface area (TPSA) is 110 Å². The van der Waals surface area contributed by atoms with Crippen molar-refractivity contribution in [1.29, 1.82) is 0 Å². The molecule has 1 aliphatic rings. The van der Waals surface area contributed by atoms with Crippen LogP contribution < -0.4 is 25.4 Å². The van der Waals surface area contributed by atoms with Crippen LogP contribution in [-0.2, 0) is 11.2 Å². The zero-order valence-corrected chi connectivity index (χ0v) is 21.1. The SMILES string of the molecule is COc1cc2c(Nc3ncc(CC(=O)Nc4cccc(F)c4)s3)ncnc2cc1OCC1CCNCC1. The molecular weight excluding hydrogens is 495 g/mol. The van der Waals surface area contributed by atoms with Gasteiger partial charge in [-0.3, -0.25) is 4.79 Å². The smallest absolute Gasteiger partial charge is 0.229 e. The number of carbonyl (C=O) groups is 1. The molecule has 3 heterocycles. The Morgan fingerprint density at radius 3 is 2.84 bits per heavy atom. The van der Waals surface area contributed by atoms with E-state index in [0.29, 0.717) is 46.2 Å². The van der Waals surface area contributed by atoms with E-state index in [1.807, 2.05) is 12.1 Å². The number of hydrogen-bond acceptors (Lipinski definition) is 9. The standard InChI is InChI=1S/C26H27FN6O3S/c1-35-22-11-20-21(12-23(22)36-14-16-5-7-28-8-6-16)30-15-31-25(20)33-26-29-13-19(37-26)10-24(34)32-18-4-2-3-17(27)9-18/h2-4,9,11-13,15-16,28H,5-8,10,14H2,1H3,(H,32,34)(H,29,30,31,33). The predicted octanol–water partition coefficient (Wildman–Crippen LogP) is 4.54. The highest BCUT2D eigenvalue weighted by atomic mass is 32.1. The Morgan fingerprint density at radius 2 is 2.03 bits per heavy atom. The minimum absolute atomic E-state index is 0.117. The van der Waals surface area contributed by atoms with E-state index >= 15 is 0 Å². The molecular formula is C26H27FN6O3S. The highest BCUT2D eigenvalue weighted by molar-refractivity contribution is 7.15. The first-order chi connectivity index (χ1) is 18.1. The first kappa shape index (κ1) is 24.8. The number of thiazole rings is 1. The average Bonchev–Trinajstić information content (AvgIpc) is 3.34. The minimum Gasteiger partial charge on any atom is -0.493 e. The van der Waals surface area contributed by atoms with E-state index in [1.165, 1.54) is 29.8 Å². The molecule has 1 aliphatic heterocycles. The fourth-order valence-electron chi connectivity index (χ4n) is 4.17. The first-order valence-corrected chi connectivity index (χ1v) is 12.8. The summed E-state index contributed by atoms with van der Waals surface area (Å²) in [5.74, 6) is 1.68. The molecule has 4 aromatic rings. The van der Waals surface area contributed by atoms with Crippen LogP contribution in [0.2, 0.25) is 0 Å². The highest BCUT2D eigenvalue weighted by Gasteiger charge is 2.17. The highest BCUT2D eigenvalue weighted by Crippen LogP contribution is 2.35. The van der Waals surface area contributed by atoms with Gasteiger partial charge in [-0.05, 0) is 56.1 Å². The van der Waals surface area contributed by atoms with Crippen molar-refractivity contribution in [2.24, 2.45) is 5.92 Å². The zero-order chi connectivity index (χ0) is 25.6. The van der Waals surface area contributed by atoms with E-state index in [9.17, 15) is 9.18 Å². The number of methoxy groups -OCH3 is 1. The normalized spacial score (nSPS) is 13.9. The molecule has 5 rings (SSSR count). The van der Waals surface area contributed by atoms with Crippen LogP contribution in [0.3, 0.4) is 0 Å². The van der Waals surface area contributed by atoms with Gasteiger partial charge in [-0.1, -0.05) is 6.07 Å². The van der Waals surface area contributed by atoms with Crippen LogP contribution >= 0.6 is 11.3 Å². The van der Waals surface area contributed by atoms with Crippen molar-refractivity contribution < 1.29 is 18.7 Å². The summed E-state index contributed by atoms with van der Waals surface area (Å²) in [6.07, 6.45) is 5.41. The summed E-state index contributed by atoms with van der Waals surface area (Å²) in [6, 6.07) is 9.51. The molecule has 0 unspecified atom stereocenters. The Hall–Kier alpha value is -3.83. The fourth-order valence-corrected chi connectivity index (χ4v) is 4.98. The van der Waals surface area contributed by atoms with Crippen LogP contribution in [0.4, 0.5) is 21.0 Å². The maximum atomic E-state index is 13.4. The zero-order valence-electron chi connectivity index (χ0n) is 20.3. The molecule has 37 heavy (non-hydrogen) atoms. The molecule has 2 aromatic heterocycles. The third-order valence-electron chi connectivity index (χ3n) is 6.08. The van der Waals surface area contributed by atoms with Crippen LogP contribution in [0.1, 0.15) is 17.7 Å². The lowest BCUT2D eigenvalue weighted by atomic mass is 9.99. The van der Waals surface area contributed by atoms with E-state index in [1.54, 1.807) is 25.4 Å². The summed E-state index contributed by atoms with van der Waals surface area (Å²) in [7, 11) is 1.61. The van der Waals surface area contributed by atoms with Crippen molar-refractivity contribution in [3.63, 3.8) is 0 Å². The van der Waals surface area contributed by atoms with Crippen molar-refractivity contribution in [3.8, 4) is 11.5 Å². The number of anilines is 3. The number of benzene rings is 2. The molecule has 11 heteroatoms. The van der Waals surface area contributed by atoms with Crippen molar-refractivity contribution in [2.75, 3.05) is 37.4 Å². The number of nitrogens with zero attached hydrogens (tertiary/aromatic N) is 3. The maximum absolute atomic E-state index is 13.4. The summed E-state index contributed by atoms with van der Waals surface area (Å²) in [5.41, 5.74) is 1.12. The number of nitrogens with one attached hydrogen (secondary N) is 3. The van der Waals surface area contributed by atoms with E-state index < -0.39 is 5.82 Å². The third kappa shape index (κ3) is 6.30. The lowest BCUT2D eigenvalue weighted by molar-refractivity contribution is -0.115. The Labute approximate surface area is 217 Å². The molecule has 3 N–H and O–H groups in total. The number of halogens is 1. The molecule has 9 nitrogen and oxygen atoms in total. The monoisotopic (exact) mass is 522 g/mol. The van der Waals surface area contributed by atoms with Crippen LogP contribution in [-0.4, -0.2) is 47.7 Å². The molecule has 0 aliphatic carbocycles. The lowest BCUT2D eigenvalue weighted by Gasteiger charge is -2.23. The van der Waals surface area contributed by atoms with Gasteiger partial charge in [0, 0.05) is 28.2 Å². The summed E-state index contributed by atoms with van der Waals surface area (Å²) >= 11 is 1.34. The van der Waals surface area contributed by atoms with Gasteiger partial charge in [-0.15, -0.1) is 11.3 Å². The number of amides is 1. The Kier molecular flexibility index (Phi) is 7.71. The van der Waals surface area contributed by atoms with Crippen molar-refractivity contribution in [3.05, 3.63) is 59.6 Å². The molecule has 1 amide bonds. The van der Waals surface area contributed by atoms with Crippen LogP contribution in [0.15, 0.2) is 48.9 Å². The molecule has 1 saturated heterocycles. The molecule has 0 radical (unpaired) electrons. The largest absolute Gasteiger partial charge is 0.493 e. The second-order valence-electron chi connectivity index (χ2n) is 8.74. The van der Waals surface area contributed by atoms with Gasteiger partial charge in [0.15, 0.2) is 16.6 Å². The van der Waals surface area contributed by atoms with Gasteiger partial charge >= 0.3 is 0 Å². The van der Waals surface area contributed by atoms with E-state index in [-0.39, 0.29) is 12.3 Å². The van der Waals surface area contributed by atoms with E-state index in [4.69, 9.17) is 9.47 Å². The molecule has 0 saturated carbocycles. The summed E-state index contributed by atoms with van der Waals surface area (Å²) < 4.78 is 25.1. The minimum atomic E-state index is -0.406. The summed E-state index contributed by atoms with van der Waals surface area (Å²) in [4.78, 5) is 26.3. The molecule has 0 bridgehead atoms. The van der Waals surface area contributed by atoms with Crippen molar-refractivity contribution in [2.45, 2.75) is 19.3 Å². The van der Waals surface area contributed by atoms with Gasteiger partial charge in [-0.25, -0.2) is 19.3 Å². The van der Waals surface area contributed by atoms with Crippen LogP contribution in [0.25, 0.3) is 10.9 Å². The van der Waals surface area contributed by atoms with Crippen LogP contribution in [0, 0.1) is 11.7 Å². The van der Waals surface area contributed by atoms with E-state index in [2.05, 4.69) is 30.9 Å². The third-order valence-corrected chi connectivity index (χ3v) is 6.99. The average molecular weight is 523 g/mol. The number of hydrogen-bond donors (Lipinski definition) is 3. The number of carbonyl (C=O) groups excluding carboxylic acids is 1. The Morgan fingerprint density at radius 1 is 1.16 bits per heavy atom. The number of ether oxygens (including phenoxy) is 2. The predicted molar refractivity (Wildman–Crippen MR) is 141 cm³/mol. The lowest BCUT2D eigenvalue weighted by Crippen LogP contribution is -2.30. The van der Waals surface area contributed by atoms with Gasteiger partial charge in [-0.2, -0.15) is 0 Å². The first-order valence-electron chi connectivity index (χ1n) is 12.0. The molecule has 192 valence electrons. The van der Waals surface area contributed by atoms with E-state index in [0.717, 1.165) is 36.2 Å². The van der Waals surface area contributed by atoms with Gasteiger partial charge in [0.2, 0.25) is 5.91 Å². The second-order valence-corrected chi connectivity index (χ2v) is 9.85. The van der Waals surface area contributed by atoms with Crippen molar-refractivity contribution >= 4 is 44.8 Å². The van der Waals surface area contributed by atoms with Gasteiger partial charge < -0.3 is 25.4 Å². The molecule has 1 fully saturated rings. The van der Waals surface area contributed by atoms with Crippen molar-refractivity contribution in [1.82, 2.24) is 20.3 Å². The van der Waals surface area contributed by atoms with Crippen LogP contribution in [0.5, 0.6) is 11.5 Å². The number of fused-ring (bicyclic) bond motifs is 1. The molecule has 0 spiro atoms. The number of aromatic nitrogens is 3. The Bertz CT molecular complexity index is 1390.